The SMILES string of the molecule is O=C(O)COC(=O)c1cc2ccccc2cn1. The van der Waals surface area contributed by atoms with Gasteiger partial charge in [-0.1, -0.05) is 24.3 Å². The van der Waals surface area contributed by atoms with Crippen molar-refractivity contribution in [2.45, 2.75) is 0 Å². The molecule has 2 rings (SSSR count). The minimum Gasteiger partial charge on any atom is -0.479 e. The van der Waals surface area contributed by atoms with Gasteiger partial charge in [0.1, 0.15) is 5.69 Å². The average Bonchev–Trinajstić information content (AvgIpc) is 2.35. The van der Waals surface area contributed by atoms with E-state index in [1.165, 1.54) is 0 Å². The predicted molar refractivity (Wildman–Crippen MR) is 59.7 cm³/mol. The smallest absolute Gasteiger partial charge is 0.357 e. The molecule has 86 valence electrons. The molecule has 0 saturated heterocycles. The third-order valence-corrected chi connectivity index (χ3v) is 2.17. The number of nitrogens with zero attached hydrogens (tertiary/aromatic N) is 1. The number of pyridine rings is 1. The highest BCUT2D eigenvalue weighted by atomic mass is 16.5. The third kappa shape index (κ3) is 2.57. The van der Waals surface area contributed by atoms with Crippen LogP contribution in [0.2, 0.25) is 0 Å². The fourth-order valence-electron chi connectivity index (χ4n) is 1.40. The number of ether oxygens (including phenoxy) is 1. The summed E-state index contributed by atoms with van der Waals surface area (Å²) in [6.45, 7) is -0.659. The topological polar surface area (TPSA) is 76.5 Å². The number of carboxylic acid groups (broad SMARTS) is 1. The predicted octanol–water partition coefficient (Wildman–Crippen LogP) is 1.48. The lowest BCUT2D eigenvalue weighted by molar-refractivity contribution is -0.140. The molecule has 5 nitrogen and oxygen atoms in total. The van der Waals surface area contributed by atoms with Crippen LogP contribution in [0.1, 0.15) is 10.5 Å². The van der Waals surface area contributed by atoms with Crippen LogP contribution in [0.5, 0.6) is 0 Å². The van der Waals surface area contributed by atoms with Crippen LogP contribution in [0.25, 0.3) is 10.8 Å². The number of carbonyl (C=O) groups is 2. The molecule has 1 heterocycles. The summed E-state index contributed by atoms with van der Waals surface area (Å²) >= 11 is 0. The van der Waals surface area contributed by atoms with Crippen molar-refractivity contribution in [2.75, 3.05) is 6.61 Å². The Morgan fingerprint density at radius 2 is 1.94 bits per heavy atom. The standard InChI is InChI=1S/C12H9NO4/c14-11(15)7-17-12(16)10-5-8-3-1-2-4-9(8)6-13-10/h1-6H,7H2,(H,14,15). The maximum atomic E-state index is 11.4. The molecule has 0 unspecified atom stereocenters. The van der Waals surface area contributed by atoms with Crippen LogP contribution in [-0.2, 0) is 9.53 Å². The first kappa shape index (κ1) is 11.1. The summed E-state index contributed by atoms with van der Waals surface area (Å²) in [7, 11) is 0. The lowest BCUT2D eigenvalue weighted by Gasteiger charge is -2.02. The Kier molecular flexibility index (Phi) is 3.00. The van der Waals surface area contributed by atoms with Crippen molar-refractivity contribution in [3.63, 3.8) is 0 Å². The van der Waals surface area contributed by atoms with Crippen molar-refractivity contribution in [3.8, 4) is 0 Å². The maximum absolute atomic E-state index is 11.4. The number of carbonyl (C=O) groups excluding carboxylic acids is 1. The zero-order chi connectivity index (χ0) is 12.3. The molecule has 0 saturated carbocycles. The molecule has 0 atom stereocenters. The highest BCUT2D eigenvalue weighted by molar-refractivity contribution is 5.93. The van der Waals surface area contributed by atoms with Gasteiger partial charge in [0, 0.05) is 11.6 Å². The lowest BCUT2D eigenvalue weighted by atomic mass is 10.1. The summed E-state index contributed by atoms with van der Waals surface area (Å²) in [5, 5.41) is 10.1. The van der Waals surface area contributed by atoms with Gasteiger partial charge in [-0.15, -0.1) is 0 Å². The molecule has 1 N–H and O–H groups in total. The molecule has 17 heavy (non-hydrogen) atoms. The third-order valence-electron chi connectivity index (χ3n) is 2.17. The number of benzene rings is 1. The molecule has 2 aromatic rings. The minimum absolute atomic E-state index is 0.102. The first-order valence-corrected chi connectivity index (χ1v) is 4.90. The van der Waals surface area contributed by atoms with E-state index in [4.69, 9.17) is 5.11 Å². The van der Waals surface area contributed by atoms with Crippen molar-refractivity contribution in [1.29, 1.82) is 0 Å². The summed E-state index contributed by atoms with van der Waals surface area (Å²) in [5.74, 6) is -1.93. The second-order valence-electron chi connectivity index (χ2n) is 3.39. The van der Waals surface area contributed by atoms with E-state index in [1.54, 1.807) is 12.3 Å². The molecule has 0 fully saturated rings. The molecule has 5 heteroatoms. The molecule has 0 aliphatic heterocycles. The van der Waals surface area contributed by atoms with Gasteiger partial charge in [-0.05, 0) is 11.5 Å². The second kappa shape index (κ2) is 4.61. The van der Waals surface area contributed by atoms with Crippen molar-refractivity contribution in [1.82, 2.24) is 4.98 Å². The van der Waals surface area contributed by atoms with Gasteiger partial charge < -0.3 is 9.84 Å². The largest absolute Gasteiger partial charge is 0.479 e. The van der Waals surface area contributed by atoms with Crippen LogP contribution >= 0.6 is 0 Å². The number of esters is 1. The number of fused-ring (bicyclic) bond motifs is 1. The molecule has 0 amide bonds. The van der Waals surface area contributed by atoms with E-state index >= 15 is 0 Å². The van der Waals surface area contributed by atoms with E-state index in [1.807, 2.05) is 24.3 Å². The van der Waals surface area contributed by atoms with Gasteiger partial charge in [0.05, 0.1) is 0 Å². The summed E-state index contributed by atoms with van der Waals surface area (Å²) in [5.41, 5.74) is 0.102. The number of hydrogen-bond acceptors (Lipinski definition) is 4. The van der Waals surface area contributed by atoms with E-state index in [0.29, 0.717) is 0 Å². The maximum Gasteiger partial charge on any atom is 0.357 e. The molecule has 0 bridgehead atoms. The van der Waals surface area contributed by atoms with Gasteiger partial charge in [0.2, 0.25) is 0 Å². The minimum atomic E-state index is -1.20. The summed E-state index contributed by atoms with van der Waals surface area (Å²) < 4.78 is 4.54. The van der Waals surface area contributed by atoms with Gasteiger partial charge in [-0.3, -0.25) is 0 Å². The number of aliphatic carboxylic acids is 1. The lowest BCUT2D eigenvalue weighted by Crippen LogP contribution is -2.14. The molecular weight excluding hydrogens is 222 g/mol. The normalized spacial score (nSPS) is 10.1. The van der Waals surface area contributed by atoms with Gasteiger partial charge in [0.15, 0.2) is 6.61 Å². The van der Waals surface area contributed by atoms with Crippen molar-refractivity contribution < 1.29 is 19.4 Å². The fraction of sp³-hybridized carbons (Fsp3) is 0.0833. The molecular formula is C12H9NO4. The van der Waals surface area contributed by atoms with Crippen LogP contribution in [0.4, 0.5) is 0 Å². The summed E-state index contributed by atoms with van der Waals surface area (Å²) in [6.07, 6.45) is 1.55. The number of aromatic nitrogens is 1. The van der Waals surface area contributed by atoms with Gasteiger partial charge in [-0.25, -0.2) is 14.6 Å². The van der Waals surface area contributed by atoms with Crippen LogP contribution < -0.4 is 0 Å². The van der Waals surface area contributed by atoms with E-state index < -0.39 is 18.5 Å². The zero-order valence-electron chi connectivity index (χ0n) is 8.79. The van der Waals surface area contributed by atoms with Crippen molar-refractivity contribution >= 4 is 22.7 Å². The molecule has 0 spiro atoms. The quantitative estimate of drug-likeness (QED) is 0.809. The Morgan fingerprint density at radius 3 is 2.65 bits per heavy atom. The Labute approximate surface area is 96.7 Å². The first-order chi connectivity index (χ1) is 8.16. The summed E-state index contributed by atoms with van der Waals surface area (Å²) in [6, 6.07) is 8.99. The molecule has 0 aliphatic rings. The van der Waals surface area contributed by atoms with E-state index in [-0.39, 0.29) is 5.69 Å². The highest BCUT2D eigenvalue weighted by Gasteiger charge is 2.11. The average molecular weight is 231 g/mol. The van der Waals surface area contributed by atoms with Gasteiger partial charge in [0.25, 0.3) is 0 Å². The Morgan fingerprint density at radius 1 is 1.24 bits per heavy atom. The molecule has 0 aliphatic carbocycles. The van der Waals surface area contributed by atoms with Crippen LogP contribution in [0.3, 0.4) is 0 Å². The molecule has 1 aromatic carbocycles. The van der Waals surface area contributed by atoms with E-state index in [0.717, 1.165) is 10.8 Å². The van der Waals surface area contributed by atoms with Crippen LogP contribution in [-0.4, -0.2) is 28.6 Å². The first-order valence-electron chi connectivity index (χ1n) is 4.90. The number of rotatable bonds is 3. The number of hydrogen-bond donors (Lipinski definition) is 1. The second-order valence-corrected chi connectivity index (χ2v) is 3.39. The number of carboxylic acids is 1. The summed E-state index contributed by atoms with van der Waals surface area (Å²) in [4.78, 5) is 25.6. The van der Waals surface area contributed by atoms with Crippen molar-refractivity contribution in [3.05, 3.63) is 42.2 Å². The fourth-order valence-corrected chi connectivity index (χ4v) is 1.40. The zero-order valence-corrected chi connectivity index (χ0v) is 8.79. The van der Waals surface area contributed by atoms with Crippen molar-refractivity contribution in [2.24, 2.45) is 0 Å². The van der Waals surface area contributed by atoms with Gasteiger partial charge in [-0.2, -0.15) is 0 Å². The Bertz CT molecular complexity index is 579. The Balaban J connectivity index is 2.24. The van der Waals surface area contributed by atoms with Gasteiger partial charge >= 0.3 is 11.9 Å². The molecule has 1 aromatic heterocycles. The monoisotopic (exact) mass is 231 g/mol. The van der Waals surface area contributed by atoms with Crippen LogP contribution in [0, 0.1) is 0 Å². The Hall–Kier alpha value is -2.43. The van der Waals surface area contributed by atoms with Crippen LogP contribution in [0.15, 0.2) is 36.5 Å². The van der Waals surface area contributed by atoms with E-state index in [9.17, 15) is 9.59 Å². The highest BCUT2D eigenvalue weighted by Crippen LogP contribution is 2.13. The molecule has 0 radical (unpaired) electrons. The van der Waals surface area contributed by atoms with E-state index in [2.05, 4.69) is 9.72 Å².